The van der Waals surface area contributed by atoms with Gasteiger partial charge < -0.3 is 9.80 Å². The van der Waals surface area contributed by atoms with Crippen molar-refractivity contribution in [1.29, 1.82) is 0 Å². The van der Waals surface area contributed by atoms with Gasteiger partial charge in [0.25, 0.3) is 0 Å². The van der Waals surface area contributed by atoms with Gasteiger partial charge in [-0.15, -0.1) is 0 Å². The number of rotatable bonds is 1. The minimum absolute atomic E-state index is 0.122. The molecule has 0 N–H and O–H groups in total. The van der Waals surface area contributed by atoms with Crippen LogP contribution in [-0.4, -0.2) is 47.0 Å². The van der Waals surface area contributed by atoms with Crippen LogP contribution < -0.4 is 4.90 Å². The summed E-state index contributed by atoms with van der Waals surface area (Å²) in [5.41, 5.74) is 0. The van der Waals surface area contributed by atoms with Crippen LogP contribution in [0.1, 0.15) is 13.3 Å². The molecule has 0 unspecified atom stereocenters. The Morgan fingerprint density at radius 1 is 1.24 bits per heavy atom. The van der Waals surface area contributed by atoms with E-state index in [4.69, 9.17) is 11.6 Å². The fourth-order valence-electron chi connectivity index (χ4n) is 1.97. The van der Waals surface area contributed by atoms with Crippen molar-refractivity contribution in [3.05, 3.63) is 17.5 Å². The summed E-state index contributed by atoms with van der Waals surface area (Å²) in [6, 6.07) is 0. The van der Waals surface area contributed by atoms with Crippen molar-refractivity contribution in [2.45, 2.75) is 13.3 Å². The van der Waals surface area contributed by atoms with Gasteiger partial charge in [-0.1, -0.05) is 11.6 Å². The van der Waals surface area contributed by atoms with Gasteiger partial charge in [-0.05, 0) is 6.42 Å². The molecule has 1 amide bonds. The average molecular weight is 255 g/mol. The van der Waals surface area contributed by atoms with Gasteiger partial charge in [0.05, 0.1) is 0 Å². The second-order valence-electron chi connectivity index (χ2n) is 4.02. The third-order valence-corrected chi connectivity index (χ3v) is 3.14. The maximum absolute atomic E-state index is 11.3. The summed E-state index contributed by atoms with van der Waals surface area (Å²) in [4.78, 5) is 23.5. The average Bonchev–Trinajstić information content (AvgIpc) is 2.55. The molecule has 0 bridgehead atoms. The summed E-state index contributed by atoms with van der Waals surface area (Å²) in [6.45, 7) is 4.71. The predicted octanol–water partition coefficient (Wildman–Crippen LogP) is 1.19. The van der Waals surface area contributed by atoms with Crippen LogP contribution in [-0.2, 0) is 4.79 Å². The highest BCUT2D eigenvalue weighted by molar-refractivity contribution is 6.31. The van der Waals surface area contributed by atoms with Gasteiger partial charge in [0, 0.05) is 45.5 Å². The molecule has 1 aliphatic heterocycles. The van der Waals surface area contributed by atoms with Crippen molar-refractivity contribution < 1.29 is 4.79 Å². The minimum atomic E-state index is 0.122. The second kappa shape index (κ2) is 5.31. The molecule has 1 aliphatic rings. The highest BCUT2D eigenvalue weighted by Crippen LogP contribution is 2.21. The van der Waals surface area contributed by atoms with E-state index in [0.29, 0.717) is 17.5 Å². The predicted molar refractivity (Wildman–Crippen MR) is 66.1 cm³/mol. The second-order valence-corrected chi connectivity index (χ2v) is 4.38. The Kier molecular flexibility index (Phi) is 3.78. The highest BCUT2D eigenvalue weighted by Gasteiger charge is 2.19. The fourth-order valence-corrected chi connectivity index (χ4v) is 2.19. The third-order valence-electron chi connectivity index (χ3n) is 2.88. The Morgan fingerprint density at radius 3 is 2.71 bits per heavy atom. The zero-order valence-corrected chi connectivity index (χ0v) is 10.5. The Bertz CT molecular complexity index is 412. The van der Waals surface area contributed by atoms with Gasteiger partial charge in [-0.25, -0.2) is 9.97 Å². The Labute approximate surface area is 105 Å². The Morgan fingerprint density at radius 2 is 2.00 bits per heavy atom. The van der Waals surface area contributed by atoms with Crippen molar-refractivity contribution >= 4 is 23.3 Å². The van der Waals surface area contributed by atoms with Gasteiger partial charge in [0.15, 0.2) is 11.0 Å². The fraction of sp³-hybridized carbons (Fsp3) is 0.545. The summed E-state index contributed by atoms with van der Waals surface area (Å²) in [6.07, 6.45) is 4.13. The topological polar surface area (TPSA) is 49.3 Å². The summed E-state index contributed by atoms with van der Waals surface area (Å²) < 4.78 is 0. The molecule has 0 radical (unpaired) electrons. The number of hydrogen-bond acceptors (Lipinski definition) is 4. The van der Waals surface area contributed by atoms with Gasteiger partial charge in [0.1, 0.15) is 0 Å². The highest BCUT2D eigenvalue weighted by atomic mass is 35.5. The first-order chi connectivity index (χ1) is 8.18. The molecule has 0 aromatic carbocycles. The Balaban J connectivity index is 2.09. The van der Waals surface area contributed by atoms with Gasteiger partial charge in [-0.3, -0.25) is 4.79 Å². The molecular formula is C11H15ClN4O. The van der Waals surface area contributed by atoms with Crippen molar-refractivity contribution in [3.63, 3.8) is 0 Å². The van der Waals surface area contributed by atoms with Gasteiger partial charge in [-0.2, -0.15) is 0 Å². The number of aromatic nitrogens is 2. The van der Waals surface area contributed by atoms with Crippen molar-refractivity contribution in [2.75, 3.05) is 31.1 Å². The molecule has 17 heavy (non-hydrogen) atoms. The SMILES string of the molecule is CC(=O)N1CCCN(c2nccnc2Cl)CC1. The lowest BCUT2D eigenvalue weighted by Crippen LogP contribution is -2.34. The molecule has 0 spiro atoms. The molecule has 2 heterocycles. The molecular weight excluding hydrogens is 240 g/mol. The van der Waals surface area contributed by atoms with Crippen LogP contribution in [0.4, 0.5) is 5.82 Å². The smallest absolute Gasteiger partial charge is 0.219 e. The molecule has 1 aromatic rings. The van der Waals surface area contributed by atoms with Gasteiger partial charge >= 0.3 is 0 Å². The molecule has 1 saturated heterocycles. The van der Waals surface area contributed by atoms with E-state index in [-0.39, 0.29) is 5.91 Å². The van der Waals surface area contributed by atoms with E-state index < -0.39 is 0 Å². The molecule has 0 aliphatic carbocycles. The first kappa shape index (κ1) is 12.1. The standard InChI is InChI=1S/C11H15ClN4O/c1-9(17)15-5-2-6-16(8-7-15)11-10(12)13-3-4-14-11/h3-4H,2,5-8H2,1H3. The monoisotopic (exact) mass is 254 g/mol. The molecule has 0 atom stereocenters. The van der Waals surface area contributed by atoms with Crippen LogP contribution in [0.5, 0.6) is 0 Å². The zero-order valence-electron chi connectivity index (χ0n) is 9.77. The quantitative estimate of drug-likeness (QED) is 0.755. The molecule has 92 valence electrons. The van der Waals surface area contributed by atoms with E-state index in [1.165, 1.54) is 0 Å². The molecule has 6 heteroatoms. The Hall–Kier alpha value is -1.36. The van der Waals surface area contributed by atoms with Crippen LogP contribution in [0.3, 0.4) is 0 Å². The number of carbonyl (C=O) groups is 1. The maximum atomic E-state index is 11.3. The van der Waals surface area contributed by atoms with Crippen LogP contribution in [0.15, 0.2) is 12.4 Å². The largest absolute Gasteiger partial charge is 0.352 e. The minimum Gasteiger partial charge on any atom is -0.352 e. The van der Waals surface area contributed by atoms with Gasteiger partial charge in [0.2, 0.25) is 5.91 Å². The molecule has 2 rings (SSSR count). The molecule has 1 aromatic heterocycles. The van der Waals surface area contributed by atoms with Crippen LogP contribution in [0.2, 0.25) is 5.15 Å². The zero-order chi connectivity index (χ0) is 12.3. The number of carbonyl (C=O) groups excluding carboxylic acids is 1. The normalized spacial score (nSPS) is 16.8. The maximum Gasteiger partial charge on any atom is 0.219 e. The number of halogens is 1. The first-order valence-electron chi connectivity index (χ1n) is 5.65. The van der Waals surface area contributed by atoms with E-state index in [1.54, 1.807) is 19.3 Å². The van der Waals surface area contributed by atoms with Crippen LogP contribution in [0.25, 0.3) is 0 Å². The summed E-state index contributed by atoms with van der Waals surface area (Å²) in [7, 11) is 0. The van der Waals surface area contributed by atoms with Crippen molar-refractivity contribution in [3.8, 4) is 0 Å². The lowest BCUT2D eigenvalue weighted by Gasteiger charge is -2.22. The van der Waals surface area contributed by atoms with Crippen molar-refractivity contribution in [2.24, 2.45) is 0 Å². The third kappa shape index (κ3) is 2.85. The lowest BCUT2D eigenvalue weighted by molar-refractivity contribution is -0.128. The van der Waals surface area contributed by atoms with E-state index in [1.807, 2.05) is 4.90 Å². The van der Waals surface area contributed by atoms with Crippen LogP contribution in [0, 0.1) is 0 Å². The summed E-state index contributed by atoms with van der Waals surface area (Å²) in [5.74, 6) is 0.830. The number of anilines is 1. The first-order valence-corrected chi connectivity index (χ1v) is 6.03. The molecule has 0 saturated carbocycles. The summed E-state index contributed by atoms with van der Waals surface area (Å²) in [5, 5.41) is 0.420. The summed E-state index contributed by atoms with van der Waals surface area (Å²) >= 11 is 6.01. The lowest BCUT2D eigenvalue weighted by atomic mass is 10.4. The van der Waals surface area contributed by atoms with E-state index in [0.717, 1.165) is 26.1 Å². The van der Waals surface area contributed by atoms with E-state index >= 15 is 0 Å². The van der Waals surface area contributed by atoms with E-state index in [9.17, 15) is 4.79 Å². The number of nitrogens with zero attached hydrogens (tertiary/aromatic N) is 4. The molecule has 1 fully saturated rings. The number of amides is 1. The van der Waals surface area contributed by atoms with Crippen molar-refractivity contribution in [1.82, 2.24) is 14.9 Å². The number of hydrogen-bond donors (Lipinski definition) is 0. The van der Waals surface area contributed by atoms with E-state index in [2.05, 4.69) is 14.9 Å². The van der Waals surface area contributed by atoms with Crippen LogP contribution >= 0.6 is 11.6 Å². The molecule has 5 nitrogen and oxygen atoms in total.